The zero-order chi connectivity index (χ0) is 11.3. The second-order valence-electron chi connectivity index (χ2n) is 4.42. The standard InChI is InChI=1S/C15H14S/c1-9-8-13-12-6-4-5-7-14(12)16-15(13)11(3)10(9)2/h4-8H,1-3H3. The van der Waals surface area contributed by atoms with Gasteiger partial charge in [-0.3, -0.25) is 0 Å². The van der Waals surface area contributed by atoms with Crippen LogP contribution in [0.25, 0.3) is 20.2 Å². The molecule has 16 heavy (non-hydrogen) atoms. The van der Waals surface area contributed by atoms with Crippen LogP contribution in [0, 0.1) is 20.8 Å². The minimum absolute atomic E-state index is 1.39. The first-order valence-corrected chi connectivity index (χ1v) is 6.38. The van der Waals surface area contributed by atoms with E-state index in [-0.39, 0.29) is 0 Å². The van der Waals surface area contributed by atoms with Crippen molar-refractivity contribution in [3.63, 3.8) is 0 Å². The molecule has 0 bridgehead atoms. The summed E-state index contributed by atoms with van der Waals surface area (Å²) in [7, 11) is 0. The molecule has 0 aliphatic heterocycles. The van der Waals surface area contributed by atoms with Gasteiger partial charge in [-0.1, -0.05) is 18.2 Å². The zero-order valence-electron chi connectivity index (χ0n) is 9.79. The van der Waals surface area contributed by atoms with E-state index in [0.717, 1.165) is 0 Å². The second-order valence-corrected chi connectivity index (χ2v) is 5.47. The smallest absolute Gasteiger partial charge is 0.0387 e. The summed E-state index contributed by atoms with van der Waals surface area (Å²) < 4.78 is 2.84. The van der Waals surface area contributed by atoms with Crippen LogP contribution in [0.4, 0.5) is 0 Å². The Morgan fingerprint density at radius 1 is 0.875 bits per heavy atom. The molecule has 0 aliphatic carbocycles. The molecule has 0 spiro atoms. The summed E-state index contributed by atoms with van der Waals surface area (Å²) in [6, 6.07) is 11.0. The first-order chi connectivity index (χ1) is 7.68. The summed E-state index contributed by atoms with van der Waals surface area (Å²) in [4.78, 5) is 0. The quantitative estimate of drug-likeness (QED) is 0.507. The Kier molecular flexibility index (Phi) is 2.05. The van der Waals surface area contributed by atoms with E-state index >= 15 is 0 Å². The highest BCUT2D eigenvalue weighted by Gasteiger charge is 2.09. The molecular formula is C15H14S. The van der Waals surface area contributed by atoms with E-state index in [1.807, 2.05) is 11.3 Å². The monoisotopic (exact) mass is 226 g/mol. The topological polar surface area (TPSA) is 0 Å². The van der Waals surface area contributed by atoms with Gasteiger partial charge in [-0.05, 0) is 49.6 Å². The van der Waals surface area contributed by atoms with Crippen molar-refractivity contribution >= 4 is 31.5 Å². The molecule has 0 unspecified atom stereocenters. The molecule has 0 nitrogen and oxygen atoms in total. The van der Waals surface area contributed by atoms with Crippen molar-refractivity contribution in [3.05, 3.63) is 47.0 Å². The molecule has 0 radical (unpaired) electrons. The lowest BCUT2D eigenvalue weighted by atomic mass is 10.0. The van der Waals surface area contributed by atoms with Crippen LogP contribution >= 0.6 is 11.3 Å². The maximum atomic E-state index is 2.33. The first-order valence-electron chi connectivity index (χ1n) is 5.56. The van der Waals surface area contributed by atoms with E-state index in [1.165, 1.54) is 36.9 Å². The molecule has 0 fully saturated rings. The van der Waals surface area contributed by atoms with Gasteiger partial charge in [0.25, 0.3) is 0 Å². The van der Waals surface area contributed by atoms with Gasteiger partial charge in [0.15, 0.2) is 0 Å². The van der Waals surface area contributed by atoms with Crippen molar-refractivity contribution in [2.75, 3.05) is 0 Å². The fourth-order valence-electron chi connectivity index (χ4n) is 2.28. The third-order valence-corrected chi connectivity index (χ3v) is 4.80. The SMILES string of the molecule is Cc1cc2c(sc3ccccc32)c(C)c1C. The van der Waals surface area contributed by atoms with Crippen molar-refractivity contribution in [2.45, 2.75) is 20.8 Å². The van der Waals surface area contributed by atoms with E-state index in [1.54, 1.807) is 0 Å². The average molecular weight is 226 g/mol. The molecule has 3 aromatic rings. The maximum absolute atomic E-state index is 2.33. The molecule has 1 heteroatoms. The Hall–Kier alpha value is -1.34. The molecule has 1 aromatic heterocycles. The molecule has 0 saturated carbocycles. The Labute approximate surface area is 99.5 Å². The van der Waals surface area contributed by atoms with Crippen molar-refractivity contribution in [1.82, 2.24) is 0 Å². The number of rotatable bonds is 0. The average Bonchev–Trinajstić information content (AvgIpc) is 2.65. The minimum Gasteiger partial charge on any atom is -0.135 e. The minimum atomic E-state index is 1.39. The van der Waals surface area contributed by atoms with Gasteiger partial charge in [-0.25, -0.2) is 0 Å². The number of thiophene rings is 1. The highest BCUT2D eigenvalue weighted by Crippen LogP contribution is 2.37. The van der Waals surface area contributed by atoms with E-state index in [0.29, 0.717) is 0 Å². The van der Waals surface area contributed by atoms with Crippen LogP contribution in [0.15, 0.2) is 30.3 Å². The summed E-state index contributed by atoms with van der Waals surface area (Å²) in [5, 5.41) is 2.81. The van der Waals surface area contributed by atoms with E-state index < -0.39 is 0 Å². The van der Waals surface area contributed by atoms with Gasteiger partial charge < -0.3 is 0 Å². The molecule has 0 amide bonds. The fraction of sp³-hybridized carbons (Fsp3) is 0.200. The third-order valence-electron chi connectivity index (χ3n) is 3.49. The maximum Gasteiger partial charge on any atom is 0.0387 e. The lowest BCUT2D eigenvalue weighted by Gasteiger charge is -2.05. The van der Waals surface area contributed by atoms with Crippen LogP contribution in [0.1, 0.15) is 16.7 Å². The van der Waals surface area contributed by atoms with Gasteiger partial charge in [0, 0.05) is 20.2 Å². The number of fused-ring (bicyclic) bond motifs is 3. The number of aryl methyl sites for hydroxylation is 2. The van der Waals surface area contributed by atoms with Crippen molar-refractivity contribution in [1.29, 1.82) is 0 Å². The van der Waals surface area contributed by atoms with Crippen molar-refractivity contribution < 1.29 is 0 Å². The number of benzene rings is 2. The zero-order valence-corrected chi connectivity index (χ0v) is 10.6. The molecule has 3 rings (SSSR count). The summed E-state index contributed by atoms with van der Waals surface area (Å²) in [6.45, 7) is 6.66. The van der Waals surface area contributed by atoms with E-state index in [4.69, 9.17) is 0 Å². The van der Waals surface area contributed by atoms with Gasteiger partial charge in [-0.15, -0.1) is 11.3 Å². The van der Waals surface area contributed by atoms with Gasteiger partial charge in [0.2, 0.25) is 0 Å². The van der Waals surface area contributed by atoms with Crippen LogP contribution in [0.5, 0.6) is 0 Å². The summed E-state index contributed by atoms with van der Waals surface area (Å²) in [5.74, 6) is 0. The van der Waals surface area contributed by atoms with Gasteiger partial charge in [0.05, 0.1) is 0 Å². The van der Waals surface area contributed by atoms with Crippen LogP contribution < -0.4 is 0 Å². The van der Waals surface area contributed by atoms with Crippen LogP contribution in [-0.2, 0) is 0 Å². The predicted octanol–water partition coefficient (Wildman–Crippen LogP) is 4.98. The second kappa shape index (κ2) is 3.33. The fourth-order valence-corrected chi connectivity index (χ4v) is 3.52. The van der Waals surface area contributed by atoms with Crippen LogP contribution in [0.3, 0.4) is 0 Å². The molecule has 0 atom stereocenters. The number of hydrogen-bond acceptors (Lipinski definition) is 1. The molecule has 0 N–H and O–H groups in total. The highest BCUT2D eigenvalue weighted by atomic mass is 32.1. The predicted molar refractivity (Wildman–Crippen MR) is 73.5 cm³/mol. The molecule has 1 heterocycles. The summed E-state index contributed by atoms with van der Waals surface area (Å²) >= 11 is 1.91. The first kappa shape index (κ1) is 9.86. The van der Waals surface area contributed by atoms with Crippen molar-refractivity contribution in [3.8, 4) is 0 Å². The summed E-state index contributed by atoms with van der Waals surface area (Å²) in [6.07, 6.45) is 0. The third kappa shape index (κ3) is 1.21. The van der Waals surface area contributed by atoms with E-state index in [2.05, 4.69) is 51.1 Å². The summed E-state index contributed by atoms with van der Waals surface area (Å²) in [5.41, 5.74) is 4.27. The highest BCUT2D eigenvalue weighted by molar-refractivity contribution is 7.26. The van der Waals surface area contributed by atoms with Gasteiger partial charge in [-0.2, -0.15) is 0 Å². The number of hydrogen-bond donors (Lipinski definition) is 0. The van der Waals surface area contributed by atoms with Gasteiger partial charge in [0.1, 0.15) is 0 Å². The molecular weight excluding hydrogens is 212 g/mol. The molecule has 0 aliphatic rings. The Morgan fingerprint density at radius 2 is 1.62 bits per heavy atom. The molecule has 2 aromatic carbocycles. The van der Waals surface area contributed by atoms with Crippen LogP contribution in [-0.4, -0.2) is 0 Å². The normalized spacial score (nSPS) is 11.4. The Balaban J connectivity index is 2.60. The largest absolute Gasteiger partial charge is 0.135 e. The lowest BCUT2D eigenvalue weighted by molar-refractivity contribution is 1.31. The van der Waals surface area contributed by atoms with Gasteiger partial charge >= 0.3 is 0 Å². The molecule has 0 saturated heterocycles. The van der Waals surface area contributed by atoms with Crippen LogP contribution in [0.2, 0.25) is 0 Å². The Bertz CT molecular complexity index is 689. The lowest BCUT2D eigenvalue weighted by Crippen LogP contribution is -1.85. The molecule has 80 valence electrons. The van der Waals surface area contributed by atoms with Crippen molar-refractivity contribution in [2.24, 2.45) is 0 Å². The Morgan fingerprint density at radius 3 is 2.44 bits per heavy atom. The van der Waals surface area contributed by atoms with E-state index in [9.17, 15) is 0 Å².